The van der Waals surface area contributed by atoms with Crippen molar-refractivity contribution >= 4 is 11.9 Å². The van der Waals surface area contributed by atoms with Crippen LogP contribution in [0.15, 0.2) is 12.4 Å². The molecule has 0 unspecified atom stereocenters. The van der Waals surface area contributed by atoms with E-state index in [1.54, 1.807) is 17.3 Å². The fraction of sp³-hybridized carbons (Fsp3) is 0.545. The summed E-state index contributed by atoms with van der Waals surface area (Å²) in [6.45, 7) is 7.54. The molecule has 0 saturated carbocycles. The van der Waals surface area contributed by atoms with Crippen LogP contribution in [0.2, 0.25) is 0 Å². The van der Waals surface area contributed by atoms with E-state index in [1.165, 1.54) is 0 Å². The van der Waals surface area contributed by atoms with Crippen LogP contribution in [0.4, 0.5) is 5.95 Å². The zero-order valence-corrected chi connectivity index (χ0v) is 10.0. The van der Waals surface area contributed by atoms with Crippen molar-refractivity contribution in [2.45, 2.75) is 20.8 Å². The molecule has 5 heteroatoms. The first-order valence-corrected chi connectivity index (χ1v) is 5.47. The Morgan fingerprint density at radius 1 is 1.31 bits per heavy atom. The molecule has 1 aromatic rings. The zero-order chi connectivity index (χ0) is 12.0. The van der Waals surface area contributed by atoms with Gasteiger partial charge in [-0.15, -0.1) is 0 Å². The summed E-state index contributed by atoms with van der Waals surface area (Å²) in [4.78, 5) is 21.6. The lowest BCUT2D eigenvalue weighted by Gasteiger charge is -2.18. The third-order valence-electron chi connectivity index (χ3n) is 2.29. The molecule has 1 N–H and O–H groups in total. The Hall–Kier alpha value is -1.65. The normalized spacial score (nSPS) is 9.94. The average Bonchev–Trinajstić information content (AvgIpc) is 2.30. The van der Waals surface area contributed by atoms with Crippen LogP contribution in [-0.2, 0) is 4.79 Å². The summed E-state index contributed by atoms with van der Waals surface area (Å²) < 4.78 is 0. The van der Waals surface area contributed by atoms with E-state index in [0.29, 0.717) is 5.95 Å². The first kappa shape index (κ1) is 12.4. The number of likely N-dealkylation sites (N-methyl/N-ethyl adjacent to an activating group) is 1. The van der Waals surface area contributed by atoms with Crippen molar-refractivity contribution < 1.29 is 4.79 Å². The molecule has 0 aliphatic rings. The molecule has 0 atom stereocenters. The summed E-state index contributed by atoms with van der Waals surface area (Å²) in [7, 11) is 0. The van der Waals surface area contributed by atoms with Crippen LogP contribution in [0.25, 0.3) is 0 Å². The molecule has 5 nitrogen and oxygen atoms in total. The second-order valence-electron chi connectivity index (χ2n) is 3.50. The molecule has 1 rings (SSSR count). The lowest BCUT2D eigenvalue weighted by molar-refractivity contribution is -0.128. The molecule has 88 valence electrons. The Morgan fingerprint density at radius 3 is 2.38 bits per heavy atom. The van der Waals surface area contributed by atoms with Crippen molar-refractivity contribution in [3.05, 3.63) is 18.0 Å². The van der Waals surface area contributed by atoms with Crippen LogP contribution in [0.3, 0.4) is 0 Å². The van der Waals surface area contributed by atoms with Gasteiger partial charge in [-0.3, -0.25) is 4.79 Å². The standard InChI is InChI=1S/C11H18N4O/c1-4-15(5-2)10(16)8-14-11-12-6-9(3)7-13-11/h6-7H,4-5,8H2,1-3H3,(H,12,13,14). The highest BCUT2D eigenvalue weighted by Crippen LogP contribution is 1.98. The van der Waals surface area contributed by atoms with Crippen LogP contribution >= 0.6 is 0 Å². The SMILES string of the molecule is CCN(CC)C(=O)CNc1ncc(C)cn1. The largest absolute Gasteiger partial charge is 0.345 e. The maximum Gasteiger partial charge on any atom is 0.241 e. The first-order chi connectivity index (χ1) is 7.67. The number of rotatable bonds is 5. The fourth-order valence-electron chi connectivity index (χ4n) is 1.33. The Kier molecular flexibility index (Phi) is 4.69. The summed E-state index contributed by atoms with van der Waals surface area (Å²) in [5.74, 6) is 0.556. The number of aryl methyl sites for hydroxylation is 1. The maximum atomic E-state index is 11.7. The van der Waals surface area contributed by atoms with Crippen LogP contribution in [-0.4, -0.2) is 40.4 Å². The van der Waals surface area contributed by atoms with E-state index in [2.05, 4.69) is 15.3 Å². The number of hydrogen-bond acceptors (Lipinski definition) is 4. The van der Waals surface area contributed by atoms with E-state index in [4.69, 9.17) is 0 Å². The van der Waals surface area contributed by atoms with Crippen molar-refractivity contribution in [2.24, 2.45) is 0 Å². The summed E-state index contributed by atoms with van der Waals surface area (Å²) in [6.07, 6.45) is 3.44. The van der Waals surface area contributed by atoms with Gasteiger partial charge in [0.2, 0.25) is 11.9 Å². The Labute approximate surface area is 95.9 Å². The minimum absolute atomic E-state index is 0.0641. The van der Waals surface area contributed by atoms with Crippen LogP contribution in [0.5, 0.6) is 0 Å². The van der Waals surface area contributed by atoms with Gasteiger partial charge in [-0.25, -0.2) is 9.97 Å². The molecule has 1 heterocycles. The molecule has 1 amide bonds. The third kappa shape index (κ3) is 3.49. The van der Waals surface area contributed by atoms with Crippen molar-refractivity contribution in [2.75, 3.05) is 25.0 Å². The second kappa shape index (κ2) is 6.05. The number of nitrogens with one attached hydrogen (secondary N) is 1. The Bertz CT molecular complexity index is 332. The number of nitrogens with zero attached hydrogens (tertiary/aromatic N) is 3. The number of anilines is 1. The molecule has 0 saturated heterocycles. The van der Waals surface area contributed by atoms with Gasteiger partial charge in [0.25, 0.3) is 0 Å². The molecular weight excluding hydrogens is 204 g/mol. The van der Waals surface area contributed by atoms with Crippen LogP contribution in [0.1, 0.15) is 19.4 Å². The number of aromatic nitrogens is 2. The minimum Gasteiger partial charge on any atom is -0.345 e. The van der Waals surface area contributed by atoms with Gasteiger partial charge in [-0.2, -0.15) is 0 Å². The molecule has 0 spiro atoms. The summed E-state index contributed by atoms with van der Waals surface area (Å²) >= 11 is 0. The molecule has 0 bridgehead atoms. The maximum absolute atomic E-state index is 11.7. The van der Waals surface area contributed by atoms with Gasteiger partial charge in [0.1, 0.15) is 0 Å². The topological polar surface area (TPSA) is 58.1 Å². The number of carbonyl (C=O) groups is 1. The lowest BCUT2D eigenvalue weighted by Crippen LogP contribution is -2.35. The van der Waals surface area contributed by atoms with E-state index >= 15 is 0 Å². The van der Waals surface area contributed by atoms with Gasteiger partial charge >= 0.3 is 0 Å². The zero-order valence-electron chi connectivity index (χ0n) is 10.0. The predicted molar refractivity (Wildman–Crippen MR) is 63.2 cm³/mol. The van der Waals surface area contributed by atoms with E-state index in [0.717, 1.165) is 18.7 Å². The number of amides is 1. The lowest BCUT2D eigenvalue weighted by atomic mass is 10.4. The monoisotopic (exact) mass is 222 g/mol. The van der Waals surface area contributed by atoms with Gasteiger partial charge in [-0.05, 0) is 26.3 Å². The number of hydrogen-bond donors (Lipinski definition) is 1. The molecule has 0 aromatic carbocycles. The summed E-state index contributed by atoms with van der Waals surface area (Å²) in [5, 5.41) is 2.91. The van der Waals surface area contributed by atoms with Gasteiger partial charge in [0, 0.05) is 25.5 Å². The van der Waals surface area contributed by atoms with Gasteiger partial charge < -0.3 is 10.2 Å². The molecule has 0 fully saturated rings. The highest BCUT2D eigenvalue weighted by molar-refractivity contribution is 5.80. The molecule has 1 aromatic heterocycles. The van der Waals surface area contributed by atoms with E-state index < -0.39 is 0 Å². The van der Waals surface area contributed by atoms with Crippen LogP contribution < -0.4 is 5.32 Å². The smallest absolute Gasteiger partial charge is 0.241 e. The summed E-state index contributed by atoms with van der Waals surface area (Å²) in [6, 6.07) is 0. The quantitative estimate of drug-likeness (QED) is 0.809. The predicted octanol–water partition coefficient (Wildman–Crippen LogP) is 1.07. The highest BCUT2D eigenvalue weighted by Gasteiger charge is 2.08. The Morgan fingerprint density at radius 2 is 1.88 bits per heavy atom. The van der Waals surface area contributed by atoms with Crippen molar-refractivity contribution in [1.82, 2.24) is 14.9 Å². The van der Waals surface area contributed by atoms with E-state index in [1.807, 2.05) is 20.8 Å². The van der Waals surface area contributed by atoms with E-state index in [9.17, 15) is 4.79 Å². The van der Waals surface area contributed by atoms with Crippen molar-refractivity contribution in [1.29, 1.82) is 0 Å². The van der Waals surface area contributed by atoms with Gasteiger partial charge in [-0.1, -0.05) is 0 Å². The minimum atomic E-state index is 0.0641. The first-order valence-electron chi connectivity index (χ1n) is 5.47. The highest BCUT2D eigenvalue weighted by atomic mass is 16.2. The van der Waals surface area contributed by atoms with Crippen LogP contribution in [0, 0.1) is 6.92 Å². The van der Waals surface area contributed by atoms with E-state index in [-0.39, 0.29) is 12.5 Å². The molecular formula is C11H18N4O. The van der Waals surface area contributed by atoms with Gasteiger partial charge in [0.05, 0.1) is 6.54 Å². The van der Waals surface area contributed by atoms with Crippen molar-refractivity contribution in [3.63, 3.8) is 0 Å². The Balaban J connectivity index is 2.45. The molecule has 16 heavy (non-hydrogen) atoms. The van der Waals surface area contributed by atoms with Gasteiger partial charge in [0.15, 0.2) is 0 Å². The average molecular weight is 222 g/mol. The third-order valence-corrected chi connectivity index (χ3v) is 2.29. The summed E-state index contributed by atoms with van der Waals surface area (Å²) in [5.41, 5.74) is 1.00. The second-order valence-corrected chi connectivity index (χ2v) is 3.50. The number of carbonyl (C=O) groups excluding carboxylic acids is 1. The molecule has 0 aliphatic heterocycles. The van der Waals surface area contributed by atoms with Crippen molar-refractivity contribution in [3.8, 4) is 0 Å². The molecule has 0 aliphatic carbocycles. The molecule has 0 radical (unpaired) electrons. The fourth-order valence-corrected chi connectivity index (χ4v) is 1.33.